The Labute approximate surface area is 148 Å². The zero-order valence-corrected chi connectivity index (χ0v) is 15.7. The van der Waals surface area contributed by atoms with Crippen molar-refractivity contribution in [1.82, 2.24) is 5.32 Å². The van der Waals surface area contributed by atoms with Gasteiger partial charge in [-0.25, -0.2) is 4.79 Å². The van der Waals surface area contributed by atoms with Gasteiger partial charge in [0.2, 0.25) is 14.2 Å². The SMILES string of the molecule is CCCC(=O)OCOC(=O)NC(O)CCP(=O)(O)CC1CCCCC1. The second kappa shape index (κ2) is 11.5. The van der Waals surface area contributed by atoms with Crippen molar-refractivity contribution in [1.29, 1.82) is 0 Å². The standard InChI is InChI=1S/C16H30NO7P/c1-2-6-15(19)23-12-24-16(20)17-14(18)9-10-25(21,22)11-13-7-4-3-5-8-13/h13-14,18H,2-12H2,1H3,(H,17,20)(H,21,22). The molecular weight excluding hydrogens is 349 g/mol. The number of rotatable bonds is 10. The molecule has 0 aromatic rings. The summed E-state index contributed by atoms with van der Waals surface area (Å²) in [5, 5.41) is 11.9. The number of alkyl carbamates (subject to hydrolysis) is 1. The first kappa shape index (κ1) is 21.9. The molecular formula is C16H30NO7P. The smallest absolute Gasteiger partial charge is 0.412 e. The third-order valence-corrected chi connectivity index (χ3v) is 6.21. The number of hydrogen-bond acceptors (Lipinski definition) is 6. The molecule has 1 aliphatic rings. The number of hydrogen-bond donors (Lipinski definition) is 3. The second-order valence-electron chi connectivity index (χ2n) is 6.52. The molecule has 9 heteroatoms. The molecule has 0 spiro atoms. The van der Waals surface area contributed by atoms with E-state index in [0.29, 0.717) is 6.42 Å². The van der Waals surface area contributed by atoms with E-state index in [1.807, 2.05) is 6.92 Å². The lowest BCUT2D eigenvalue weighted by atomic mass is 9.91. The molecule has 0 saturated heterocycles. The molecule has 0 radical (unpaired) electrons. The van der Waals surface area contributed by atoms with Crippen LogP contribution in [-0.4, -0.2) is 47.4 Å². The van der Waals surface area contributed by atoms with E-state index < -0.39 is 32.5 Å². The van der Waals surface area contributed by atoms with Crippen LogP contribution in [0.2, 0.25) is 0 Å². The van der Waals surface area contributed by atoms with Crippen molar-refractivity contribution in [2.75, 3.05) is 19.1 Å². The number of amides is 1. The Hall–Kier alpha value is -1.11. The lowest BCUT2D eigenvalue weighted by molar-refractivity contribution is -0.151. The maximum Gasteiger partial charge on any atom is 0.412 e. The van der Waals surface area contributed by atoms with Gasteiger partial charge in [0.1, 0.15) is 6.23 Å². The number of nitrogens with one attached hydrogen (secondary N) is 1. The number of carbonyl (C=O) groups is 2. The molecule has 1 amide bonds. The molecule has 8 nitrogen and oxygen atoms in total. The van der Waals surface area contributed by atoms with Gasteiger partial charge in [-0.05, 0) is 25.2 Å². The highest BCUT2D eigenvalue weighted by molar-refractivity contribution is 7.58. The minimum Gasteiger partial charge on any atom is -0.428 e. The number of ether oxygens (including phenoxy) is 2. The fourth-order valence-corrected chi connectivity index (χ4v) is 4.87. The normalized spacial score (nSPS) is 18.8. The van der Waals surface area contributed by atoms with Crippen molar-refractivity contribution in [3.63, 3.8) is 0 Å². The molecule has 3 N–H and O–H groups in total. The molecule has 0 aliphatic heterocycles. The zero-order valence-electron chi connectivity index (χ0n) is 14.8. The van der Waals surface area contributed by atoms with Gasteiger partial charge in [-0.1, -0.05) is 26.2 Å². The van der Waals surface area contributed by atoms with Crippen LogP contribution in [-0.2, 0) is 18.8 Å². The average Bonchev–Trinajstić information content (AvgIpc) is 2.54. The van der Waals surface area contributed by atoms with Crippen molar-refractivity contribution in [3.05, 3.63) is 0 Å². The molecule has 1 aliphatic carbocycles. The molecule has 1 fully saturated rings. The van der Waals surface area contributed by atoms with Crippen LogP contribution < -0.4 is 5.32 Å². The summed E-state index contributed by atoms with van der Waals surface area (Å²) in [7, 11) is -3.32. The third-order valence-electron chi connectivity index (χ3n) is 4.17. The fraction of sp³-hybridized carbons (Fsp3) is 0.875. The predicted molar refractivity (Wildman–Crippen MR) is 92.2 cm³/mol. The molecule has 25 heavy (non-hydrogen) atoms. The second-order valence-corrected chi connectivity index (χ2v) is 9.03. The first-order valence-electron chi connectivity index (χ1n) is 8.90. The Bertz CT molecular complexity index is 465. The van der Waals surface area contributed by atoms with Crippen molar-refractivity contribution < 1.29 is 33.6 Å². The van der Waals surface area contributed by atoms with Gasteiger partial charge in [0.05, 0.1) is 0 Å². The van der Waals surface area contributed by atoms with Crippen molar-refractivity contribution in [3.8, 4) is 0 Å². The van der Waals surface area contributed by atoms with E-state index >= 15 is 0 Å². The molecule has 1 saturated carbocycles. The summed E-state index contributed by atoms with van der Waals surface area (Å²) in [6.07, 6.45) is 4.16. The highest BCUT2D eigenvalue weighted by Gasteiger charge is 2.26. The van der Waals surface area contributed by atoms with Crippen molar-refractivity contribution in [2.45, 2.75) is 64.5 Å². The average molecular weight is 379 g/mol. The van der Waals surface area contributed by atoms with Gasteiger partial charge in [-0.2, -0.15) is 0 Å². The van der Waals surface area contributed by atoms with E-state index in [-0.39, 0.29) is 31.1 Å². The van der Waals surface area contributed by atoms with Gasteiger partial charge in [-0.15, -0.1) is 0 Å². The summed E-state index contributed by atoms with van der Waals surface area (Å²) in [5.41, 5.74) is 0. The van der Waals surface area contributed by atoms with Crippen LogP contribution >= 0.6 is 7.37 Å². The van der Waals surface area contributed by atoms with Crippen LogP contribution in [0.4, 0.5) is 4.79 Å². The molecule has 2 unspecified atom stereocenters. The topological polar surface area (TPSA) is 122 Å². The van der Waals surface area contributed by atoms with Crippen molar-refractivity contribution >= 4 is 19.4 Å². The number of carbonyl (C=O) groups excluding carboxylic acids is 2. The Morgan fingerprint density at radius 2 is 1.92 bits per heavy atom. The van der Waals surface area contributed by atoms with Crippen LogP contribution in [0, 0.1) is 5.92 Å². The highest BCUT2D eigenvalue weighted by atomic mass is 31.2. The Kier molecular flexibility index (Phi) is 10.1. The van der Waals surface area contributed by atoms with Gasteiger partial charge in [0.15, 0.2) is 0 Å². The Morgan fingerprint density at radius 3 is 2.56 bits per heavy atom. The molecule has 0 aromatic carbocycles. The first-order valence-corrected chi connectivity index (χ1v) is 10.9. The van der Waals surface area contributed by atoms with E-state index in [4.69, 9.17) is 0 Å². The summed E-state index contributed by atoms with van der Waals surface area (Å²) in [6, 6.07) is 0. The molecule has 2 atom stereocenters. The maximum atomic E-state index is 12.2. The third kappa shape index (κ3) is 10.5. The van der Waals surface area contributed by atoms with E-state index in [9.17, 15) is 24.2 Å². The predicted octanol–water partition coefficient (Wildman–Crippen LogP) is 2.57. The summed E-state index contributed by atoms with van der Waals surface area (Å²) in [6.45, 7) is 1.29. The Balaban J connectivity index is 2.19. The van der Waals surface area contributed by atoms with Gasteiger partial charge in [-0.3, -0.25) is 14.7 Å². The first-order chi connectivity index (χ1) is 11.8. The minimum absolute atomic E-state index is 0.0365. The quantitative estimate of drug-likeness (QED) is 0.303. The maximum absolute atomic E-state index is 12.2. The van der Waals surface area contributed by atoms with E-state index in [1.165, 1.54) is 6.42 Å². The van der Waals surface area contributed by atoms with Crippen LogP contribution in [0.15, 0.2) is 0 Å². The summed E-state index contributed by atoms with van der Waals surface area (Å²) < 4.78 is 21.5. The number of esters is 1. The van der Waals surface area contributed by atoms with E-state index in [1.54, 1.807) is 0 Å². The minimum atomic E-state index is -3.32. The monoisotopic (exact) mass is 379 g/mol. The highest BCUT2D eigenvalue weighted by Crippen LogP contribution is 2.46. The van der Waals surface area contributed by atoms with E-state index in [0.717, 1.165) is 25.7 Å². The number of aliphatic hydroxyl groups excluding tert-OH is 1. The van der Waals surface area contributed by atoms with Gasteiger partial charge < -0.3 is 19.5 Å². The van der Waals surface area contributed by atoms with Crippen LogP contribution in [0.1, 0.15) is 58.3 Å². The van der Waals surface area contributed by atoms with Gasteiger partial charge in [0, 0.05) is 25.2 Å². The largest absolute Gasteiger partial charge is 0.428 e. The summed E-state index contributed by atoms with van der Waals surface area (Å²) >= 11 is 0. The van der Waals surface area contributed by atoms with Crippen LogP contribution in [0.5, 0.6) is 0 Å². The lowest BCUT2D eigenvalue weighted by Crippen LogP contribution is -2.36. The molecule has 0 heterocycles. The lowest BCUT2D eigenvalue weighted by Gasteiger charge is -2.24. The van der Waals surface area contributed by atoms with E-state index in [2.05, 4.69) is 14.8 Å². The fourth-order valence-electron chi connectivity index (χ4n) is 2.86. The summed E-state index contributed by atoms with van der Waals surface area (Å²) in [4.78, 5) is 32.5. The molecule has 0 bridgehead atoms. The molecule has 0 aromatic heterocycles. The molecule has 146 valence electrons. The Morgan fingerprint density at radius 1 is 1.24 bits per heavy atom. The molecule has 1 rings (SSSR count). The zero-order chi connectivity index (χ0) is 18.7. The van der Waals surface area contributed by atoms with Crippen LogP contribution in [0.3, 0.4) is 0 Å². The van der Waals surface area contributed by atoms with Crippen LogP contribution in [0.25, 0.3) is 0 Å². The number of aliphatic hydroxyl groups is 1. The summed E-state index contributed by atoms with van der Waals surface area (Å²) in [5.74, 6) is -0.197. The van der Waals surface area contributed by atoms with Gasteiger partial charge in [0.25, 0.3) is 0 Å². The van der Waals surface area contributed by atoms with Crippen molar-refractivity contribution in [2.24, 2.45) is 5.92 Å². The van der Waals surface area contributed by atoms with Gasteiger partial charge >= 0.3 is 12.1 Å².